The minimum atomic E-state index is -4.74. The Balaban J connectivity index is 3.41. The number of benzene rings is 1. The number of amides is 2. The van der Waals surface area contributed by atoms with Gasteiger partial charge in [-0.25, -0.2) is 4.79 Å². The highest BCUT2D eigenvalue weighted by Crippen LogP contribution is 2.36. The fraction of sp³-hybridized carbons (Fsp3) is 0.500. The van der Waals surface area contributed by atoms with Gasteiger partial charge in [0.2, 0.25) is 5.91 Å². The van der Waals surface area contributed by atoms with Crippen LogP contribution in [0, 0.1) is 0 Å². The largest absolute Gasteiger partial charge is 0.465 e. The molecule has 0 aliphatic heterocycles. The van der Waals surface area contributed by atoms with E-state index in [0.29, 0.717) is 17.7 Å². The van der Waals surface area contributed by atoms with E-state index in [-0.39, 0.29) is 13.1 Å². The Morgan fingerprint density at radius 1 is 1.28 bits per heavy atom. The van der Waals surface area contributed by atoms with Crippen molar-refractivity contribution in [1.29, 1.82) is 0 Å². The number of halogens is 3. The summed E-state index contributed by atoms with van der Waals surface area (Å²) in [7, 11) is 0. The summed E-state index contributed by atoms with van der Waals surface area (Å²) in [5.41, 5.74) is -1.51. The molecule has 25 heavy (non-hydrogen) atoms. The van der Waals surface area contributed by atoms with Gasteiger partial charge in [-0.15, -0.1) is 0 Å². The molecule has 9 heteroatoms. The Kier molecular flexibility index (Phi) is 7.69. The second-order valence-electron chi connectivity index (χ2n) is 5.33. The van der Waals surface area contributed by atoms with Gasteiger partial charge in [0.05, 0.1) is 12.2 Å². The number of carbonyl (C=O) groups is 2. The van der Waals surface area contributed by atoms with E-state index >= 15 is 0 Å². The molecule has 0 saturated heterocycles. The number of carboxylic acid groups (broad SMARTS) is 1. The fourth-order valence-corrected chi connectivity index (χ4v) is 2.38. The van der Waals surface area contributed by atoms with Crippen LogP contribution in [0.3, 0.4) is 0 Å². The van der Waals surface area contributed by atoms with E-state index in [2.05, 4.69) is 5.32 Å². The molecule has 1 aromatic carbocycles. The highest BCUT2D eigenvalue weighted by Gasteiger charge is 2.40. The lowest BCUT2D eigenvalue weighted by atomic mass is 9.97. The van der Waals surface area contributed by atoms with Crippen LogP contribution in [0.2, 0.25) is 0 Å². The highest BCUT2D eigenvalue weighted by molar-refractivity contribution is 5.87. The maximum absolute atomic E-state index is 13.3. The lowest BCUT2D eigenvalue weighted by Gasteiger charge is -2.30. The van der Waals surface area contributed by atoms with Crippen LogP contribution >= 0.6 is 0 Å². The minimum Gasteiger partial charge on any atom is -0.465 e. The third kappa shape index (κ3) is 5.63. The number of hydrogen-bond acceptors (Lipinski definition) is 3. The molecule has 0 heterocycles. The second-order valence-corrected chi connectivity index (χ2v) is 5.33. The number of alkyl halides is 3. The molecule has 0 bridgehead atoms. The first-order valence-corrected chi connectivity index (χ1v) is 7.78. The first-order chi connectivity index (χ1) is 11.7. The Labute approximate surface area is 143 Å². The quantitative estimate of drug-likeness (QED) is 0.663. The van der Waals surface area contributed by atoms with Crippen LogP contribution in [0.4, 0.5) is 18.0 Å². The molecule has 0 fully saturated rings. The van der Waals surface area contributed by atoms with E-state index in [1.165, 1.54) is 12.1 Å². The van der Waals surface area contributed by atoms with E-state index < -0.39 is 42.0 Å². The van der Waals surface area contributed by atoms with Gasteiger partial charge in [0.1, 0.15) is 6.04 Å². The van der Waals surface area contributed by atoms with Crippen LogP contribution in [-0.2, 0) is 11.0 Å². The maximum Gasteiger partial charge on any atom is 0.416 e. The molecule has 0 aromatic heterocycles. The average molecular weight is 362 g/mol. The standard InChI is InChI=1S/C16H21F3N2O4/c1-2-3-9-21(15(24)25)13(14(23)20-8-10-22)11-6-4-5-7-12(11)16(17,18)19/h4-7,13,22H,2-3,8-10H2,1H3,(H,20,23)(H,24,25). The number of rotatable bonds is 8. The van der Waals surface area contributed by atoms with E-state index in [4.69, 9.17) is 5.11 Å². The topological polar surface area (TPSA) is 89.9 Å². The minimum absolute atomic E-state index is 0.0881. The molecule has 1 unspecified atom stereocenters. The lowest BCUT2D eigenvalue weighted by Crippen LogP contribution is -2.45. The van der Waals surface area contributed by atoms with Crippen LogP contribution < -0.4 is 5.32 Å². The Bertz CT molecular complexity index is 593. The van der Waals surface area contributed by atoms with Crippen molar-refractivity contribution in [2.45, 2.75) is 32.0 Å². The van der Waals surface area contributed by atoms with Crippen molar-refractivity contribution in [2.24, 2.45) is 0 Å². The van der Waals surface area contributed by atoms with Gasteiger partial charge in [0.15, 0.2) is 0 Å². The number of carbonyl (C=O) groups excluding carboxylic acids is 1. The third-order valence-corrected chi connectivity index (χ3v) is 3.53. The molecule has 0 saturated carbocycles. The summed E-state index contributed by atoms with van der Waals surface area (Å²) in [5.74, 6) is -0.913. The van der Waals surface area contributed by atoms with Gasteiger partial charge in [0.25, 0.3) is 0 Å². The third-order valence-electron chi connectivity index (χ3n) is 3.53. The van der Waals surface area contributed by atoms with Crippen LogP contribution in [-0.4, -0.2) is 46.8 Å². The Hall–Kier alpha value is -2.29. The number of unbranched alkanes of at least 4 members (excludes halogenated alkanes) is 1. The van der Waals surface area contributed by atoms with E-state index in [0.717, 1.165) is 12.1 Å². The Morgan fingerprint density at radius 3 is 2.44 bits per heavy atom. The van der Waals surface area contributed by atoms with Gasteiger partial charge in [-0.2, -0.15) is 13.2 Å². The Morgan fingerprint density at radius 2 is 1.92 bits per heavy atom. The first-order valence-electron chi connectivity index (χ1n) is 7.78. The fourth-order valence-electron chi connectivity index (χ4n) is 2.38. The summed E-state index contributed by atoms with van der Waals surface area (Å²) in [4.78, 5) is 24.7. The molecular weight excluding hydrogens is 341 g/mol. The molecule has 6 nitrogen and oxygen atoms in total. The number of nitrogens with zero attached hydrogens (tertiary/aromatic N) is 1. The van der Waals surface area contributed by atoms with E-state index in [9.17, 15) is 27.9 Å². The maximum atomic E-state index is 13.3. The summed E-state index contributed by atoms with van der Waals surface area (Å²) in [5, 5.41) is 20.5. The molecule has 1 atom stereocenters. The highest BCUT2D eigenvalue weighted by atomic mass is 19.4. The average Bonchev–Trinajstić information content (AvgIpc) is 2.55. The molecular formula is C16H21F3N2O4. The van der Waals surface area contributed by atoms with Crippen molar-refractivity contribution in [1.82, 2.24) is 10.2 Å². The zero-order chi connectivity index (χ0) is 19.0. The molecule has 140 valence electrons. The zero-order valence-corrected chi connectivity index (χ0v) is 13.7. The van der Waals surface area contributed by atoms with Gasteiger partial charge < -0.3 is 15.5 Å². The van der Waals surface area contributed by atoms with Crippen molar-refractivity contribution < 1.29 is 33.0 Å². The molecule has 1 rings (SSSR count). The molecule has 0 radical (unpaired) electrons. The van der Waals surface area contributed by atoms with E-state index in [1.807, 2.05) is 0 Å². The van der Waals surface area contributed by atoms with Crippen molar-refractivity contribution >= 4 is 12.0 Å². The zero-order valence-electron chi connectivity index (χ0n) is 13.7. The van der Waals surface area contributed by atoms with Crippen LogP contribution in [0.5, 0.6) is 0 Å². The molecule has 1 aromatic rings. The molecule has 2 amide bonds. The van der Waals surface area contributed by atoms with Gasteiger partial charge >= 0.3 is 12.3 Å². The summed E-state index contributed by atoms with van der Waals surface area (Å²) in [6.07, 6.45) is -5.23. The predicted octanol–water partition coefficient (Wildman–Crippen LogP) is 2.64. The molecule has 3 N–H and O–H groups in total. The van der Waals surface area contributed by atoms with Gasteiger partial charge in [-0.3, -0.25) is 9.69 Å². The van der Waals surface area contributed by atoms with Gasteiger partial charge in [-0.05, 0) is 18.1 Å². The number of aliphatic hydroxyl groups is 1. The second kappa shape index (κ2) is 9.26. The normalized spacial score (nSPS) is 12.5. The number of aliphatic hydroxyl groups excluding tert-OH is 1. The van der Waals surface area contributed by atoms with Crippen molar-refractivity contribution in [3.63, 3.8) is 0 Å². The van der Waals surface area contributed by atoms with Crippen LogP contribution in [0.25, 0.3) is 0 Å². The summed E-state index contributed by atoms with van der Waals surface area (Å²) in [6, 6.07) is 2.73. The molecule has 0 spiro atoms. The lowest BCUT2D eigenvalue weighted by molar-refractivity contribution is -0.139. The van der Waals surface area contributed by atoms with Crippen LogP contribution in [0.1, 0.15) is 36.9 Å². The summed E-state index contributed by atoms with van der Waals surface area (Å²) < 4.78 is 39.9. The smallest absolute Gasteiger partial charge is 0.416 e. The van der Waals surface area contributed by atoms with Crippen molar-refractivity contribution in [3.05, 3.63) is 35.4 Å². The van der Waals surface area contributed by atoms with Crippen molar-refractivity contribution in [2.75, 3.05) is 19.7 Å². The summed E-state index contributed by atoms with van der Waals surface area (Å²) in [6.45, 7) is 1.10. The summed E-state index contributed by atoms with van der Waals surface area (Å²) >= 11 is 0. The van der Waals surface area contributed by atoms with Gasteiger partial charge in [-0.1, -0.05) is 31.5 Å². The number of nitrogens with one attached hydrogen (secondary N) is 1. The SMILES string of the molecule is CCCCN(C(=O)O)C(C(=O)NCCO)c1ccccc1C(F)(F)F. The first kappa shape index (κ1) is 20.8. The van der Waals surface area contributed by atoms with Gasteiger partial charge in [0, 0.05) is 13.1 Å². The number of hydrogen-bond donors (Lipinski definition) is 3. The van der Waals surface area contributed by atoms with E-state index in [1.54, 1.807) is 6.92 Å². The van der Waals surface area contributed by atoms with Crippen LogP contribution in [0.15, 0.2) is 24.3 Å². The molecule has 0 aliphatic rings. The van der Waals surface area contributed by atoms with Crippen molar-refractivity contribution in [3.8, 4) is 0 Å². The monoisotopic (exact) mass is 362 g/mol. The predicted molar refractivity (Wildman–Crippen MR) is 83.9 cm³/mol. The molecule has 0 aliphatic carbocycles.